The van der Waals surface area contributed by atoms with Gasteiger partial charge in [-0.1, -0.05) is 48.5 Å². The van der Waals surface area contributed by atoms with Crippen LogP contribution in [0, 0.1) is 0 Å². The van der Waals surface area contributed by atoms with Crippen molar-refractivity contribution in [1.82, 2.24) is 4.31 Å². The van der Waals surface area contributed by atoms with E-state index in [9.17, 15) is 9.00 Å². The molecule has 4 heteroatoms. The van der Waals surface area contributed by atoms with Crippen LogP contribution in [0.2, 0.25) is 0 Å². The Morgan fingerprint density at radius 2 is 1.14 bits per heavy atom. The third-order valence-corrected chi connectivity index (χ3v) is 7.76. The second-order valence-electron chi connectivity index (χ2n) is 7.56. The minimum atomic E-state index is -1.42. The fraction of sp³-hybridized carbons (Fsp3) is 0.125. The fourth-order valence-corrected chi connectivity index (χ4v) is 6.57. The van der Waals surface area contributed by atoms with Gasteiger partial charge in [0.2, 0.25) is 5.91 Å². The number of hydrogen-bond acceptors (Lipinski definition) is 2. The summed E-state index contributed by atoms with van der Waals surface area (Å²) in [4.78, 5) is 12.5. The average Bonchev–Trinajstić information content (AvgIpc) is 2.70. The zero-order valence-electron chi connectivity index (χ0n) is 15.3. The van der Waals surface area contributed by atoms with Gasteiger partial charge in [0.15, 0.2) is 0 Å². The molecule has 7 rings (SSSR count). The highest BCUT2D eigenvalue weighted by Crippen LogP contribution is 2.54. The molecular weight excluding hydrogens is 366 g/mol. The van der Waals surface area contributed by atoms with Crippen molar-refractivity contribution in [3.05, 3.63) is 95.1 Å². The molecule has 0 saturated heterocycles. The van der Waals surface area contributed by atoms with E-state index in [0.717, 1.165) is 43.8 Å². The number of rotatable bonds is 0. The molecule has 28 heavy (non-hydrogen) atoms. The molecule has 136 valence electrons. The van der Waals surface area contributed by atoms with Crippen LogP contribution in [0.25, 0.3) is 21.5 Å². The van der Waals surface area contributed by atoms with Crippen LogP contribution in [0.4, 0.5) is 0 Å². The van der Waals surface area contributed by atoms with Gasteiger partial charge in [0.25, 0.3) is 0 Å². The fourth-order valence-electron chi connectivity index (χ4n) is 4.81. The molecular formula is C24H17NO2S. The van der Waals surface area contributed by atoms with E-state index in [2.05, 4.69) is 48.5 Å². The summed E-state index contributed by atoms with van der Waals surface area (Å²) in [5, 5.41) is 4.26. The van der Waals surface area contributed by atoms with Crippen LogP contribution in [0.15, 0.2) is 72.8 Å². The van der Waals surface area contributed by atoms with Crippen molar-refractivity contribution in [2.45, 2.75) is 18.2 Å². The van der Waals surface area contributed by atoms with Gasteiger partial charge >= 0.3 is 0 Å². The Labute approximate surface area is 165 Å². The van der Waals surface area contributed by atoms with Crippen molar-refractivity contribution in [2.75, 3.05) is 0 Å². The number of hydrogen-bond donors (Lipinski definition) is 0. The van der Waals surface area contributed by atoms with E-state index in [4.69, 9.17) is 0 Å². The molecule has 0 saturated carbocycles. The maximum Gasteiger partial charge on any atom is 0.232 e. The summed E-state index contributed by atoms with van der Waals surface area (Å²) in [7, 11) is -1.42. The summed E-state index contributed by atoms with van der Waals surface area (Å²) < 4.78 is 15.0. The smallest absolute Gasteiger partial charge is 0.232 e. The number of amides is 1. The highest BCUT2D eigenvalue weighted by Gasteiger charge is 2.48. The van der Waals surface area contributed by atoms with Crippen LogP contribution in [0.3, 0.4) is 0 Å². The van der Waals surface area contributed by atoms with Crippen LogP contribution in [0.5, 0.6) is 0 Å². The van der Waals surface area contributed by atoms with Gasteiger partial charge in [0.1, 0.15) is 16.2 Å². The normalized spacial score (nSPS) is 22.3. The van der Waals surface area contributed by atoms with E-state index in [1.54, 1.807) is 4.31 Å². The lowest BCUT2D eigenvalue weighted by atomic mass is 9.79. The van der Waals surface area contributed by atoms with Crippen molar-refractivity contribution < 1.29 is 9.00 Å². The molecule has 3 aliphatic rings. The first kappa shape index (κ1) is 16.0. The topological polar surface area (TPSA) is 37.4 Å². The molecule has 0 spiro atoms. The standard InChI is InChI=1S/C24H17NO2S/c1-14(26)25-23-19-10-15-6-2-4-8-17(15)12-21(19)24(28(25)27)22-13-18-9-5-3-7-16(18)11-20(22)23/h2-13,23-24H,1H3/t23?,24?,28-/m0/s1. The predicted molar refractivity (Wildman–Crippen MR) is 112 cm³/mol. The van der Waals surface area contributed by atoms with Crippen LogP contribution in [0.1, 0.15) is 40.5 Å². The van der Waals surface area contributed by atoms with Crippen LogP contribution in [-0.2, 0) is 15.8 Å². The average molecular weight is 383 g/mol. The van der Waals surface area contributed by atoms with Crippen LogP contribution < -0.4 is 0 Å². The van der Waals surface area contributed by atoms with Crippen molar-refractivity contribution in [3.63, 3.8) is 0 Å². The van der Waals surface area contributed by atoms with E-state index in [1.165, 1.54) is 6.92 Å². The van der Waals surface area contributed by atoms with Crippen LogP contribution >= 0.6 is 0 Å². The zero-order valence-corrected chi connectivity index (χ0v) is 16.1. The van der Waals surface area contributed by atoms with Gasteiger partial charge in [-0.3, -0.25) is 4.79 Å². The Morgan fingerprint density at radius 1 is 0.750 bits per heavy atom. The molecule has 0 aromatic heterocycles. The molecule has 4 aromatic rings. The second kappa shape index (κ2) is 5.52. The van der Waals surface area contributed by atoms with Crippen molar-refractivity contribution in [2.24, 2.45) is 0 Å². The lowest BCUT2D eigenvalue weighted by molar-refractivity contribution is -0.125. The van der Waals surface area contributed by atoms with Crippen molar-refractivity contribution in [1.29, 1.82) is 0 Å². The van der Waals surface area contributed by atoms with E-state index in [0.29, 0.717) is 0 Å². The van der Waals surface area contributed by atoms with Gasteiger partial charge in [-0.15, -0.1) is 0 Å². The molecule has 0 fully saturated rings. The maximum atomic E-state index is 13.4. The van der Waals surface area contributed by atoms with E-state index >= 15 is 0 Å². The van der Waals surface area contributed by atoms with Crippen molar-refractivity contribution in [3.8, 4) is 0 Å². The van der Waals surface area contributed by atoms with Gasteiger partial charge in [-0.05, 0) is 68.1 Å². The molecule has 1 aliphatic carbocycles. The zero-order chi connectivity index (χ0) is 19.0. The molecule has 2 heterocycles. The molecule has 0 radical (unpaired) electrons. The predicted octanol–water partition coefficient (Wildman–Crippen LogP) is 5.01. The number of benzene rings is 4. The minimum Gasteiger partial charge on any atom is -0.274 e. The lowest BCUT2D eigenvalue weighted by Gasteiger charge is -2.46. The van der Waals surface area contributed by atoms with E-state index in [-0.39, 0.29) is 17.2 Å². The van der Waals surface area contributed by atoms with Gasteiger partial charge in [-0.2, -0.15) is 0 Å². The highest BCUT2D eigenvalue weighted by atomic mass is 32.2. The van der Waals surface area contributed by atoms with Crippen molar-refractivity contribution >= 4 is 38.4 Å². The number of fused-ring (bicyclic) bond motifs is 3. The summed E-state index contributed by atoms with van der Waals surface area (Å²) in [6.45, 7) is 1.51. The first-order chi connectivity index (χ1) is 13.6. The summed E-state index contributed by atoms with van der Waals surface area (Å²) >= 11 is 0. The van der Waals surface area contributed by atoms with Gasteiger partial charge in [0.05, 0.1) is 6.04 Å². The second-order valence-corrected chi connectivity index (χ2v) is 8.98. The Morgan fingerprint density at radius 3 is 1.54 bits per heavy atom. The SMILES string of the molecule is CC(=O)N1C2c3cc4ccccc4cc3C(c3cc4ccccc4cc32)[S@@]1=O. The Bertz CT molecular complexity index is 1260. The van der Waals surface area contributed by atoms with Gasteiger partial charge in [0, 0.05) is 6.92 Å². The number of carbonyl (C=O) groups is 1. The maximum absolute atomic E-state index is 13.4. The van der Waals surface area contributed by atoms with E-state index < -0.39 is 11.0 Å². The quantitative estimate of drug-likeness (QED) is 0.428. The molecule has 2 aliphatic heterocycles. The first-order valence-corrected chi connectivity index (χ1v) is 10.6. The Hall–Kier alpha value is -2.98. The summed E-state index contributed by atoms with van der Waals surface area (Å²) in [6.07, 6.45) is 0. The van der Waals surface area contributed by atoms with E-state index in [1.807, 2.05) is 24.3 Å². The molecule has 4 aromatic carbocycles. The lowest BCUT2D eigenvalue weighted by Crippen LogP contribution is -2.46. The van der Waals surface area contributed by atoms with Crippen LogP contribution in [-0.4, -0.2) is 14.4 Å². The molecule has 1 amide bonds. The van der Waals surface area contributed by atoms with Gasteiger partial charge < -0.3 is 0 Å². The first-order valence-electron chi connectivity index (χ1n) is 9.39. The highest BCUT2D eigenvalue weighted by molar-refractivity contribution is 7.83. The van der Waals surface area contributed by atoms with Gasteiger partial charge in [-0.25, -0.2) is 8.51 Å². The number of carbonyl (C=O) groups excluding carboxylic acids is 1. The molecule has 0 unspecified atom stereocenters. The molecule has 2 bridgehead atoms. The molecule has 3 nitrogen and oxygen atoms in total. The largest absolute Gasteiger partial charge is 0.274 e. The number of nitrogens with zero attached hydrogens (tertiary/aromatic N) is 1. The minimum absolute atomic E-state index is 0.147. The summed E-state index contributed by atoms with van der Waals surface area (Å²) in [5.74, 6) is -0.147. The molecule has 0 N–H and O–H groups in total. The Balaban J connectivity index is 1.73. The Kier molecular flexibility index (Phi) is 3.16. The molecule has 1 atom stereocenters. The third kappa shape index (κ3) is 1.98. The monoisotopic (exact) mass is 383 g/mol. The summed E-state index contributed by atoms with van der Waals surface area (Å²) in [6, 6.07) is 24.8. The summed E-state index contributed by atoms with van der Waals surface area (Å²) in [5.41, 5.74) is 4.37. The third-order valence-electron chi connectivity index (χ3n) is 6.00.